The highest BCUT2D eigenvalue weighted by atomic mass is 32.2. The number of fused-ring (bicyclic) bond motifs is 1. The predicted molar refractivity (Wildman–Crippen MR) is 67.1 cm³/mol. The molecule has 2 rings (SSSR count). The highest BCUT2D eigenvalue weighted by Crippen LogP contribution is 2.39. The van der Waals surface area contributed by atoms with Crippen molar-refractivity contribution in [1.82, 2.24) is 4.90 Å². The lowest BCUT2D eigenvalue weighted by atomic mass is 10.0. The SMILES string of the molecule is CCN(C)C1=N[C@@H]2CC[C@@H]([C@H](O)C(F)(F)F)O[C@@H]2S1. The van der Waals surface area contributed by atoms with Crippen molar-refractivity contribution in [2.45, 2.75) is 49.6 Å². The van der Waals surface area contributed by atoms with Crippen molar-refractivity contribution in [2.24, 2.45) is 4.99 Å². The predicted octanol–water partition coefficient (Wildman–Crippen LogP) is 1.84. The molecule has 0 saturated carbocycles. The Morgan fingerprint density at radius 2 is 2.21 bits per heavy atom. The maximum atomic E-state index is 12.5. The van der Waals surface area contributed by atoms with Crippen molar-refractivity contribution in [1.29, 1.82) is 0 Å². The van der Waals surface area contributed by atoms with Gasteiger partial charge in [-0.15, -0.1) is 0 Å². The fourth-order valence-electron chi connectivity index (χ4n) is 2.08. The average Bonchev–Trinajstić information content (AvgIpc) is 2.78. The zero-order valence-electron chi connectivity index (χ0n) is 10.7. The third-order valence-corrected chi connectivity index (χ3v) is 4.64. The third-order valence-electron chi connectivity index (χ3n) is 3.36. The van der Waals surface area contributed by atoms with Gasteiger partial charge in [0.25, 0.3) is 0 Å². The minimum absolute atomic E-state index is 0.106. The van der Waals surface area contributed by atoms with E-state index in [2.05, 4.69) is 4.99 Å². The molecule has 4 nitrogen and oxygen atoms in total. The van der Waals surface area contributed by atoms with Gasteiger partial charge in [-0.05, 0) is 19.8 Å². The number of amidine groups is 1. The van der Waals surface area contributed by atoms with E-state index >= 15 is 0 Å². The Morgan fingerprint density at radius 3 is 2.79 bits per heavy atom. The van der Waals surface area contributed by atoms with Gasteiger partial charge in [0.1, 0.15) is 5.44 Å². The van der Waals surface area contributed by atoms with Crippen molar-refractivity contribution in [2.75, 3.05) is 13.6 Å². The van der Waals surface area contributed by atoms with Crippen molar-refractivity contribution in [3.8, 4) is 0 Å². The molecule has 19 heavy (non-hydrogen) atoms. The first-order valence-electron chi connectivity index (χ1n) is 6.18. The first kappa shape index (κ1) is 14.9. The van der Waals surface area contributed by atoms with E-state index in [0.717, 1.165) is 11.7 Å². The van der Waals surface area contributed by atoms with Crippen LogP contribution in [-0.2, 0) is 4.74 Å². The Hall–Kier alpha value is -0.470. The zero-order valence-corrected chi connectivity index (χ0v) is 11.5. The highest BCUT2D eigenvalue weighted by Gasteiger charge is 2.48. The smallest absolute Gasteiger partial charge is 0.381 e. The lowest BCUT2D eigenvalue weighted by Crippen LogP contribution is -2.46. The minimum atomic E-state index is -4.63. The number of thioether (sulfide) groups is 1. The molecule has 0 aliphatic carbocycles. The van der Waals surface area contributed by atoms with Crippen LogP contribution in [-0.4, -0.2) is 58.6 Å². The Bertz CT molecular complexity index is 364. The summed E-state index contributed by atoms with van der Waals surface area (Å²) in [4.78, 5) is 6.39. The lowest BCUT2D eigenvalue weighted by Gasteiger charge is -2.33. The largest absolute Gasteiger partial charge is 0.416 e. The van der Waals surface area contributed by atoms with Gasteiger partial charge in [0, 0.05) is 13.6 Å². The number of nitrogens with zero attached hydrogens (tertiary/aromatic N) is 2. The molecule has 1 fully saturated rings. The van der Waals surface area contributed by atoms with Gasteiger partial charge in [0.2, 0.25) is 0 Å². The van der Waals surface area contributed by atoms with Crippen LogP contribution in [0.15, 0.2) is 4.99 Å². The van der Waals surface area contributed by atoms with Crippen LogP contribution >= 0.6 is 11.8 Å². The lowest BCUT2D eigenvalue weighted by molar-refractivity contribution is -0.244. The summed E-state index contributed by atoms with van der Waals surface area (Å²) >= 11 is 1.33. The van der Waals surface area contributed by atoms with Crippen molar-refractivity contribution < 1.29 is 23.0 Å². The number of aliphatic hydroxyl groups excluding tert-OH is 1. The number of alkyl halides is 3. The number of rotatable bonds is 2. The molecule has 2 aliphatic heterocycles. The molecule has 0 amide bonds. The van der Waals surface area contributed by atoms with Crippen molar-refractivity contribution in [3.05, 3.63) is 0 Å². The van der Waals surface area contributed by atoms with E-state index in [-0.39, 0.29) is 12.5 Å². The fourth-order valence-corrected chi connectivity index (χ4v) is 3.34. The first-order chi connectivity index (χ1) is 8.82. The van der Waals surface area contributed by atoms with E-state index in [1.807, 2.05) is 18.9 Å². The summed E-state index contributed by atoms with van der Waals surface area (Å²) in [5.41, 5.74) is -0.417. The van der Waals surface area contributed by atoms with Crippen LogP contribution in [0.25, 0.3) is 0 Å². The minimum Gasteiger partial charge on any atom is -0.381 e. The molecule has 0 aromatic heterocycles. The van der Waals surface area contributed by atoms with E-state index in [9.17, 15) is 18.3 Å². The zero-order chi connectivity index (χ0) is 14.2. The molecule has 0 spiro atoms. The molecule has 0 radical (unpaired) electrons. The molecule has 0 unspecified atom stereocenters. The molecule has 4 atom stereocenters. The second-order valence-electron chi connectivity index (χ2n) is 4.72. The van der Waals surface area contributed by atoms with Gasteiger partial charge in [-0.25, -0.2) is 0 Å². The summed E-state index contributed by atoms with van der Waals surface area (Å²) in [6.45, 7) is 2.75. The quantitative estimate of drug-likeness (QED) is 0.845. The summed E-state index contributed by atoms with van der Waals surface area (Å²) in [5.74, 6) is 0. The number of hydrogen-bond donors (Lipinski definition) is 1. The molecule has 8 heteroatoms. The van der Waals surface area contributed by atoms with Crippen LogP contribution < -0.4 is 0 Å². The molecular weight excluding hydrogens is 281 g/mol. The molecule has 1 saturated heterocycles. The number of hydrogen-bond acceptors (Lipinski definition) is 5. The average molecular weight is 298 g/mol. The number of aliphatic hydroxyl groups is 1. The molecule has 0 aromatic carbocycles. The number of halogens is 3. The number of aliphatic imine (C=N–C) groups is 1. The molecule has 0 aromatic rings. The van der Waals surface area contributed by atoms with Crippen molar-refractivity contribution in [3.63, 3.8) is 0 Å². The van der Waals surface area contributed by atoms with E-state index < -0.39 is 23.8 Å². The van der Waals surface area contributed by atoms with Gasteiger partial charge in [0.05, 0.1) is 12.1 Å². The van der Waals surface area contributed by atoms with Crippen LogP contribution in [0.4, 0.5) is 13.2 Å². The topological polar surface area (TPSA) is 45.1 Å². The van der Waals surface area contributed by atoms with E-state index in [4.69, 9.17) is 4.74 Å². The molecule has 0 bridgehead atoms. The summed E-state index contributed by atoms with van der Waals surface area (Å²) in [7, 11) is 1.88. The van der Waals surface area contributed by atoms with Crippen LogP contribution in [0.3, 0.4) is 0 Å². The maximum absolute atomic E-state index is 12.5. The molecule has 2 aliphatic rings. The van der Waals surface area contributed by atoms with Crippen LogP contribution in [0, 0.1) is 0 Å². The molecular formula is C11H17F3N2O2S. The second kappa shape index (κ2) is 5.49. The van der Waals surface area contributed by atoms with Crippen LogP contribution in [0.2, 0.25) is 0 Å². The van der Waals surface area contributed by atoms with E-state index in [1.54, 1.807) is 0 Å². The fraction of sp³-hybridized carbons (Fsp3) is 0.909. The van der Waals surface area contributed by atoms with E-state index in [0.29, 0.717) is 6.42 Å². The second-order valence-corrected chi connectivity index (χ2v) is 5.78. The summed E-state index contributed by atoms with van der Waals surface area (Å²) in [6.07, 6.45) is -7.55. The Balaban J connectivity index is 1.97. The summed E-state index contributed by atoms with van der Waals surface area (Å²) in [5, 5.41) is 10.0. The van der Waals surface area contributed by atoms with Crippen molar-refractivity contribution >= 4 is 16.9 Å². The third kappa shape index (κ3) is 3.17. The first-order valence-corrected chi connectivity index (χ1v) is 7.06. The van der Waals surface area contributed by atoms with Gasteiger partial charge in [0.15, 0.2) is 11.3 Å². The van der Waals surface area contributed by atoms with Gasteiger partial charge in [-0.1, -0.05) is 11.8 Å². The Morgan fingerprint density at radius 1 is 1.53 bits per heavy atom. The highest BCUT2D eigenvalue weighted by molar-refractivity contribution is 8.14. The van der Waals surface area contributed by atoms with Gasteiger partial charge in [-0.2, -0.15) is 13.2 Å². The van der Waals surface area contributed by atoms with Gasteiger partial charge >= 0.3 is 6.18 Å². The summed E-state index contributed by atoms with van der Waals surface area (Å²) in [6, 6.07) is -0.106. The van der Waals surface area contributed by atoms with Crippen LogP contribution in [0.1, 0.15) is 19.8 Å². The monoisotopic (exact) mass is 298 g/mol. The number of ether oxygens (including phenoxy) is 1. The molecule has 110 valence electrons. The Kier molecular flexibility index (Phi) is 4.32. The van der Waals surface area contributed by atoms with E-state index in [1.165, 1.54) is 11.8 Å². The summed E-state index contributed by atoms with van der Waals surface area (Å²) < 4.78 is 42.8. The van der Waals surface area contributed by atoms with Gasteiger partial charge in [-0.3, -0.25) is 4.99 Å². The maximum Gasteiger partial charge on any atom is 0.416 e. The standard InChI is InChI=1S/C11H17F3N2O2S/c1-3-16(2)10-15-6-4-5-7(18-9(6)19-10)8(17)11(12,13)14/h6-9,17H,3-5H2,1-2H3/t6-,7+,8+,9-/m1/s1. The van der Waals surface area contributed by atoms with Gasteiger partial charge < -0.3 is 14.7 Å². The Labute approximate surface area is 114 Å². The molecule has 1 N–H and O–H groups in total. The van der Waals surface area contributed by atoms with Crippen LogP contribution in [0.5, 0.6) is 0 Å². The molecule has 2 heterocycles. The normalized spacial score (nSPS) is 32.7.